The Balaban J connectivity index is 1.81. The van der Waals surface area contributed by atoms with Crippen molar-refractivity contribution in [2.75, 3.05) is 39.8 Å². The minimum absolute atomic E-state index is 0.0932. The van der Waals surface area contributed by atoms with Gasteiger partial charge in [0.25, 0.3) is 0 Å². The molecule has 1 aromatic rings. The van der Waals surface area contributed by atoms with Crippen LogP contribution in [0.2, 0.25) is 0 Å². The molecule has 0 bridgehead atoms. The van der Waals surface area contributed by atoms with E-state index in [1.165, 1.54) is 0 Å². The maximum Gasteiger partial charge on any atom is 0.234 e. The van der Waals surface area contributed by atoms with Crippen molar-refractivity contribution < 1.29 is 9.53 Å². The summed E-state index contributed by atoms with van der Waals surface area (Å²) >= 11 is 0. The summed E-state index contributed by atoms with van der Waals surface area (Å²) in [5, 5.41) is 3.06. The summed E-state index contributed by atoms with van der Waals surface area (Å²) in [5.41, 5.74) is 2.28. The van der Waals surface area contributed by atoms with Gasteiger partial charge in [0.1, 0.15) is 0 Å². The molecule has 5 nitrogen and oxygen atoms in total. The number of hydrogen-bond donors (Lipinski definition) is 1. The summed E-state index contributed by atoms with van der Waals surface area (Å²) < 4.78 is 5.64. The van der Waals surface area contributed by atoms with Crippen LogP contribution in [0.3, 0.4) is 0 Å². The molecule has 1 aliphatic rings. The Morgan fingerprint density at radius 3 is 2.75 bits per heavy atom. The standard InChI is InChI=1S/C19H31N3O2/c1-4-11-24-15-18-8-6-5-7-17(18)12-20-19(23)14-22-10-9-21(3)13-16(22)2/h5-8,16H,4,9-15H2,1-3H3,(H,20,23)/t16-/m1/s1. The highest BCUT2D eigenvalue weighted by molar-refractivity contribution is 5.78. The molecule has 0 saturated carbocycles. The van der Waals surface area contributed by atoms with Gasteiger partial charge in [0.05, 0.1) is 13.2 Å². The van der Waals surface area contributed by atoms with Crippen LogP contribution < -0.4 is 5.32 Å². The van der Waals surface area contributed by atoms with Crippen LogP contribution in [0.5, 0.6) is 0 Å². The quantitative estimate of drug-likeness (QED) is 0.738. The highest BCUT2D eigenvalue weighted by Gasteiger charge is 2.23. The molecule has 1 aromatic carbocycles. The summed E-state index contributed by atoms with van der Waals surface area (Å²) in [7, 11) is 2.13. The number of carbonyl (C=O) groups is 1. The maximum atomic E-state index is 12.3. The zero-order valence-electron chi connectivity index (χ0n) is 15.3. The van der Waals surface area contributed by atoms with Gasteiger partial charge in [-0.05, 0) is 31.5 Å². The number of ether oxygens (including phenoxy) is 1. The topological polar surface area (TPSA) is 44.8 Å². The van der Waals surface area contributed by atoms with Crippen molar-refractivity contribution in [1.82, 2.24) is 15.1 Å². The van der Waals surface area contributed by atoms with E-state index in [-0.39, 0.29) is 5.91 Å². The van der Waals surface area contributed by atoms with Crippen molar-refractivity contribution in [2.24, 2.45) is 0 Å². The van der Waals surface area contributed by atoms with Crippen LogP contribution in [-0.4, -0.2) is 61.6 Å². The van der Waals surface area contributed by atoms with Crippen LogP contribution in [0.1, 0.15) is 31.4 Å². The van der Waals surface area contributed by atoms with Crippen molar-refractivity contribution in [1.29, 1.82) is 0 Å². The van der Waals surface area contributed by atoms with Gasteiger partial charge in [-0.15, -0.1) is 0 Å². The van der Waals surface area contributed by atoms with Gasteiger partial charge >= 0.3 is 0 Å². The molecular weight excluding hydrogens is 302 g/mol. The highest BCUT2D eigenvalue weighted by Crippen LogP contribution is 2.11. The number of rotatable bonds is 8. The molecule has 0 unspecified atom stereocenters. The van der Waals surface area contributed by atoms with Gasteiger partial charge in [-0.3, -0.25) is 9.69 Å². The molecule has 0 radical (unpaired) electrons. The van der Waals surface area contributed by atoms with E-state index in [1.54, 1.807) is 0 Å². The molecular formula is C19H31N3O2. The Bertz CT molecular complexity index is 521. The molecule has 1 amide bonds. The Morgan fingerprint density at radius 1 is 1.29 bits per heavy atom. The molecule has 1 N–H and O–H groups in total. The lowest BCUT2D eigenvalue weighted by Gasteiger charge is -2.37. The molecule has 0 aromatic heterocycles. The minimum Gasteiger partial charge on any atom is -0.377 e. The SMILES string of the molecule is CCCOCc1ccccc1CNC(=O)CN1CCN(C)C[C@H]1C. The van der Waals surface area contributed by atoms with E-state index in [2.05, 4.69) is 48.1 Å². The third-order valence-corrected chi connectivity index (χ3v) is 4.52. The fourth-order valence-electron chi connectivity index (χ4n) is 3.04. The monoisotopic (exact) mass is 333 g/mol. The van der Waals surface area contributed by atoms with Crippen LogP contribution in [0.4, 0.5) is 0 Å². The van der Waals surface area contributed by atoms with Crippen molar-refractivity contribution in [2.45, 2.75) is 39.5 Å². The van der Waals surface area contributed by atoms with Crippen molar-refractivity contribution in [3.63, 3.8) is 0 Å². The molecule has 1 heterocycles. The largest absolute Gasteiger partial charge is 0.377 e. The molecule has 134 valence electrons. The van der Waals surface area contributed by atoms with E-state index in [9.17, 15) is 4.79 Å². The predicted octanol–water partition coefficient (Wildman–Crippen LogP) is 1.87. The van der Waals surface area contributed by atoms with Crippen molar-refractivity contribution >= 4 is 5.91 Å². The number of nitrogens with one attached hydrogen (secondary N) is 1. The normalized spacial score (nSPS) is 19.4. The van der Waals surface area contributed by atoms with E-state index in [0.717, 1.165) is 43.8 Å². The van der Waals surface area contributed by atoms with E-state index in [1.807, 2.05) is 12.1 Å². The number of carbonyl (C=O) groups excluding carboxylic acids is 1. The van der Waals surface area contributed by atoms with Gasteiger partial charge in [0.15, 0.2) is 0 Å². The number of piperazine rings is 1. The number of hydrogen-bond acceptors (Lipinski definition) is 4. The van der Waals surface area contributed by atoms with Crippen LogP contribution >= 0.6 is 0 Å². The summed E-state index contributed by atoms with van der Waals surface area (Å²) in [6.07, 6.45) is 1.02. The molecule has 24 heavy (non-hydrogen) atoms. The van der Waals surface area contributed by atoms with E-state index >= 15 is 0 Å². The van der Waals surface area contributed by atoms with Gasteiger partial charge in [-0.2, -0.15) is 0 Å². The maximum absolute atomic E-state index is 12.3. The summed E-state index contributed by atoms with van der Waals surface area (Å²) in [6.45, 7) is 9.69. The molecule has 0 spiro atoms. The average molecular weight is 333 g/mol. The van der Waals surface area contributed by atoms with Gasteiger partial charge < -0.3 is 15.0 Å². The van der Waals surface area contributed by atoms with Crippen LogP contribution in [0.15, 0.2) is 24.3 Å². The average Bonchev–Trinajstić information content (AvgIpc) is 2.57. The molecule has 1 saturated heterocycles. The lowest BCUT2D eigenvalue weighted by molar-refractivity contribution is -0.123. The predicted molar refractivity (Wildman–Crippen MR) is 96.8 cm³/mol. The number of benzene rings is 1. The first-order chi connectivity index (χ1) is 11.6. The third-order valence-electron chi connectivity index (χ3n) is 4.52. The number of amides is 1. The van der Waals surface area contributed by atoms with Gasteiger partial charge in [-0.1, -0.05) is 31.2 Å². The second kappa shape index (κ2) is 9.77. The molecule has 1 atom stereocenters. The van der Waals surface area contributed by atoms with E-state index < -0.39 is 0 Å². The van der Waals surface area contributed by atoms with Gasteiger partial charge in [0.2, 0.25) is 5.91 Å². The Labute approximate surface area is 146 Å². The molecule has 0 aliphatic carbocycles. The highest BCUT2D eigenvalue weighted by atomic mass is 16.5. The Morgan fingerprint density at radius 2 is 2.04 bits per heavy atom. The zero-order valence-corrected chi connectivity index (χ0v) is 15.3. The van der Waals surface area contributed by atoms with E-state index in [4.69, 9.17) is 4.74 Å². The van der Waals surface area contributed by atoms with Gasteiger partial charge in [-0.25, -0.2) is 0 Å². The first kappa shape index (κ1) is 18.9. The fourth-order valence-corrected chi connectivity index (χ4v) is 3.04. The first-order valence-corrected chi connectivity index (χ1v) is 8.94. The summed E-state index contributed by atoms with van der Waals surface area (Å²) in [5.74, 6) is 0.0932. The number of likely N-dealkylation sites (N-methyl/N-ethyl adjacent to an activating group) is 1. The van der Waals surface area contributed by atoms with Crippen LogP contribution in [0, 0.1) is 0 Å². The van der Waals surface area contributed by atoms with Crippen molar-refractivity contribution in [3.05, 3.63) is 35.4 Å². The lowest BCUT2D eigenvalue weighted by Crippen LogP contribution is -2.53. The fraction of sp³-hybridized carbons (Fsp3) is 0.632. The summed E-state index contributed by atoms with van der Waals surface area (Å²) in [4.78, 5) is 16.9. The zero-order chi connectivity index (χ0) is 17.4. The van der Waals surface area contributed by atoms with Crippen LogP contribution in [0.25, 0.3) is 0 Å². The Hall–Kier alpha value is -1.43. The minimum atomic E-state index is 0.0932. The smallest absolute Gasteiger partial charge is 0.234 e. The first-order valence-electron chi connectivity index (χ1n) is 8.94. The molecule has 1 aliphatic heterocycles. The second-order valence-electron chi connectivity index (χ2n) is 6.68. The van der Waals surface area contributed by atoms with Gasteiger partial charge in [0, 0.05) is 38.8 Å². The van der Waals surface area contributed by atoms with Crippen molar-refractivity contribution in [3.8, 4) is 0 Å². The Kier molecular flexibility index (Phi) is 7.69. The molecule has 1 fully saturated rings. The second-order valence-corrected chi connectivity index (χ2v) is 6.68. The summed E-state index contributed by atoms with van der Waals surface area (Å²) in [6, 6.07) is 8.57. The number of nitrogens with zero attached hydrogens (tertiary/aromatic N) is 2. The van der Waals surface area contributed by atoms with Crippen LogP contribution in [-0.2, 0) is 22.7 Å². The third kappa shape index (κ3) is 5.89. The lowest BCUT2D eigenvalue weighted by atomic mass is 10.1. The molecule has 5 heteroatoms. The van der Waals surface area contributed by atoms with E-state index in [0.29, 0.717) is 25.7 Å². The molecule has 2 rings (SSSR count).